The lowest BCUT2D eigenvalue weighted by Crippen LogP contribution is -2.23. The van der Waals surface area contributed by atoms with Gasteiger partial charge in [0, 0.05) is 15.5 Å². The molecule has 0 amide bonds. The minimum absolute atomic E-state index is 0.206. The smallest absolute Gasteiger partial charge is 0.122 e. The Bertz CT molecular complexity index is 603. The van der Waals surface area contributed by atoms with Crippen molar-refractivity contribution in [1.29, 1.82) is 0 Å². The molecule has 2 aromatic carbocycles. The molecule has 0 spiro atoms. The van der Waals surface area contributed by atoms with Gasteiger partial charge >= 0.3 is 0 Å². The number of hydrogen-bond acceptors (Lipinski definition) is 2. The molecule has 0 fully saturated rings. The van der Waals surface area contributed by atoms with Gasteiger partial charge in [-0.2, -0.15) is 0 Å². The molecule has 0 aliphatic rings. The van der Waals surface area contributed by atoms with Crippen molar-refractivity contribution in [3.63, 3.8) is 0 Å². The van der Waals surface area contributed by atoms with Crippen LogP contribution in [-0.4, -0.2) is 13.7 Å². The van der Waals surface area contributed by atoms with Crippen LogP contribution in [0.1, 0.15) is 24.1 Å². The van der Waals surface area contributed by atoms with E-state index in [4.69, 9.17) is 16.3 Å². The highest BCUT2D eigenvalue weighted by Gasteiger charge is 2.16. The summed E-state index contributed by atoms with van der Waals surface area (Å²) in [5.74, 6) is 0.922. The van der Waals surface area contributed by atoms with E-state index in [0.717, 1.165) is 28.2 Å². The number of halogens is 2. The average Bonchev–Trinajstić information content (AvgIpc) is 2.47. The lowest BCUT2D eigenvalue weighted by molar-refractivity contribution is 0.405. The van der Waals surface area contributed by atoms with Gasteiger partial charge in [0.05, 0.1) is 7.11 Å². The summed E-state index contributed by atoms with van der Waals surface area (Å²) in [6.07, 6.45) is 0.859. The molecule has 0 aliphatic heterocycles. The zero-order chi connectivity index (χ0) is 15.2. The van der Waals surface area contributed by atoms with E-state index >= 15 is 0 Å². The summed E-state index contributed by atoms with van der Waals surface area (Å²) in [6, 6.07) is 14.3. The number of nitrogens with one attached hydrogen (secondary N) is 1. The van der Waals surface area contributed by atoms with E-state index < -0.39 is 0 Å². The molecule has 2 aromatic rings. The van der Waals surface area contributed by atoms with Crippen LogP contribution in [0.15, 0.2) is 46.9 Å². The maximum absolute atomic E-state index is 6.04. The van der Waals surface area contributed by atoms with Gasteiger partial charge in [-0.25, -0.2) is 0 Å². The summed E-state index contributed by atoms with van der Waals surface area (Å²) in [6.45, 7) is 3.01. The molecule has 1 unspecified atom stereocenters. The van der Waals surface area contributed by atoms with Crippen LogP contribution < -0.4 is 10.1 Å². The topological polar surface area (TPSA) is 21.3 Å². The molecule has 0 heterocycles. The van der Waals surface area contributed by atoms with Crippen molar-refractivity contribution in [3.8, 4) is 5.75 Å². The van der Waals surface area contributed by atoms with Crippen molar-refractivity contribution in [3.05, 3.63) is 63.1 Å². The Morgan fingerprint density at radius 2 is 2.00 bits per heavy atom. The highest BCUT2D eigenvalue weighted by molar-refractivity contribution is 9.10. The van der Waals surface area contributed by atoms with Gasteiger partial charge in [0.15, 0.2) is 0 Å². The fourth-order valence-corrected chi connectivity index (χ4v) is 3.37. The van der Waals surface area contributed by atoms with Crippen molar-refractivity contribution in [1.82, 2.24) is 5.32 Å². The van der Waals surface area contributed by atoms with Crippen molar-refractivity contribution in [2.24, 2.45) is 0 Å². The van der Waals surface area contributed by atoms with Crippen LogP contribution in [0.4, 0.5) is 0 Å². The molecule has 1 atom stereocenters. The van der Waals surface area contributed by atoms with E-state index in [9.17, 15) is 0 Å². The third kappa shape index (κ3) is 4.22. The van der Waals surface area contributed by atoms with Gasteiger partial charge in [0.1, 0.15) is 5.75 Å². The summed E-state index contributed by atoms with van der Waals surface area (Å²) < 4.78 is 6.47. The summed E-state index contributed by atoms with van der Waals surface area (Å²) >= 11 is 9.65. The van der Waals surface area contributed by atoms with Crippen LogP contribution in [0, 0.1) is 0 Å². The molecule has 2 rings (SSSR count). The number of para-hydroxylation sites is 1. The van der Waals surface area contributed by atoms with Gasteiger partial charge in [0.2, 0.25) is 0 Å². The third-order valence-electron chi connectivity index (χ3n) is 3.40. The molecule has 2 nitrogen and oxygen atoms in total. The minimum Gasteiger partial charge on any atom is -0.496 e. The quantitative estimate of drug-likeness (QED) is 0.774. The van der Waals surface area contributed by atoms with Crippen molar-refractivity contribution >= 4 is 27.5 Å². The summed E-state index contributed by atoms with van der Waals surface area (Å²) in [5, 5.41) is 4.26. The average molecular weight is 369 g/mol. The number of likely N-dealkylation sites (N-methyl/N-ethyl adjacent to an activating group) is 1. The molecule has 0 bridgehead atoms. The first-order valence-corrected chi connectivity index (χ1v) is 8.13. The lowest BCUT2D eigenvalue weighted by Gasteiger charge is -2.21. The van der Waals surface area contributed by atoms with Crippen molar-refractivity contribution in [2.45, 2.75) is 19.4 Å². The van der Waals surface area contributed by atoms with Gasteiger partial charge in [-0.15, -0.1) is 0 Å². The predicted octanol–water partition coefficient (Wildman–Crippen LogP) is 5.00. The Labute approximate surface area is 139 Å². The maximum atomic E-state index is 6.04. The molecule has 4 heteroatoms. The van der Waals surface area contributed by atoms with Crippen LogP contribution >= 0.6 is 27.5 Å². The van der Waals surface area contributed by atoms with Crippen LogP contribution in [0.5, 0.6) is 5.75 Å². The molecule has 1 N–H and O–H groups in total. The first kappa shape index (κ1) is 16.3. The van der Waals surface area contributed by atoms with E-state index in [-0.39, 0.29) is 6.04 Å². The molecule has 0 saturated heterocycles. The second-order valence-corrected chi connectivity index (χ2v) is 6.08. The fourth-order valence-electron chi connectivity index (χ4n) is 2.41. The van der Waals surface area contributed by atoms with E-state index in [1.54, 1.807) is 7.11 Å². The molecule has 0 aliphatic carbocycles. The maximum Gasteiger partial charge on any atom is 0.122 e. The lowest BCUT2D eigenvalue weighted by atomic mass is 9.98. The Kier molecular flexibility index (Phi) is 6.09. The van der Waals surface area contributed by atoms with E-state index in [1.165, 1.54) is 11.1 Å². The van der Waals surface area contributed by atoms with Gasteiger partial charge in [-0.3, -0.25) is 0 Å². The molecule has 0 aromatic heterocycles. The fraction of sp³-hybridized carbons (Fsp3) is 0.294. The van der Waals surface area contributed by atoms with Crippen LogP contribution in [0.3, 0.4) is 0 Å². The summed E-state index contributed by atoms with van der Waals surface area (Å²) in [5.41, 5.74) is 2.39. The van der Waals surface area contributed by atoms with Gasteiger partial charge < -0.3 is 10.1 Å². The first-order valence-electron chi connectivity index (χ1n) is 6.96. The monoisotopic (exact) mass is 367 g/mol. The van der Waals surface area contributed by atoms with Gasteiger partial charge in [-0.1, -0.05) is 58.7 Å². The minimum atomic E-state index is 0.206. The summed E-state index contributed by atoms with van der Waals surface area (Å²) in [7, 11) is 1.71. The first-order chi connectivity index (χ1) is 10.2. The van der Waals surface area contributed by atoms with E-state index in [1.807, 2.05) is 30.3 Å². The van der Waals surface area contributed by atoms with E-state index in [0.29, 0.717) is 0 Å². The highest BCUT2D eigenvalue weighted by atomic mass is 79.9. The number of methoxy groups -OCH3 is 1. The molecule has 112 valence electrons. The van der Waals surface area contributed by atoms with Crippen LogP contribution in [-0.2, 0) is 6.42 Å². The third-order valence-corrected chi connectivity index (χ3v) is 4.33. The van der Waals surface area contributed by atoms with Crippen LogP contribution in [0.25, 0.3) is 0 Å². The van der Waals surface area contributed by atoms with Crippen molar-refractivity contribution < 1.29 is 4.74 Å². The number of hydrogen-bond donors (Lipinski definition) is 1. The Morgan fingerprint density at radius 1 is 1.24 bits per heavy atom. The normalized spacial score (nSPS) is 12.2. The van der Waals surface area contributed by atoms with Gasteiger partial charge in [-0.05, 0) is 42.3 Å². The molecule has 0 radical (unpaired) electrons. The Balaban J connectivity index is 2.30. The molecular weight excluding hydrogens is 350 g/mol. The number of benzene rings is 2. The largest absolute Gasteiger partial charge is 0.496 e. The Morgan fingerprint density at radius 3 is 2.67 bits per heavy atom. The molecule has 0 saturated carbocycles. The molecule has 21 heavy (non-hydrogen) atoms. The highest BCUT2D eigenvalue weighted by Crippen LogP contribution is 2.30. The second kappa shape index (κ2) is 7.83. The second-order valence-electron chi connectivity index (χ2n) is 4.79. The SMILES string of the molecule is CCNC(Cc1ccccc1OC)c1ccc(Cl)cc1Br. The molecular formula is C17H19BrClNO. The number of rotatable bonds is 6. The standard InChI is InChI=1S/C17H19BrClNO/c1-3-20-16(14-9-8-13(19)11-15(14)18)10-12-6-4-5-7-17(12)21-2/h4-9,11,16,20H,3,10H2,1-2H3. The number of ether oxygens (including phenoxy) is 1. The zero-order valence-electron chi connectivity index (χ0n) is 12.2. The van der Waals surface area contributed by atoms with Gasteiger partial charge in [0.25, 0.3) is 0 Å². The Hall–Kier alpha value is -1.03. The van der Waals surface area contributed by atoms with Crippen LogP contribution in [0.2, 0.25) is 5.02 Å². The zero-order valence-corrected chi connectivity index (χ0v) is 14.5. The van der Waals surface area contributed by atoms with Crippen molar-refractivity contribution in [2.75, 3.05) is 13.7 Å². The predicted molar refractivity (Wildman–Crippen MR) is 92.3 cm³/mol. The summed E-state index contributed by atoms with van der Waals surface area (Å²) in [4.78, 5) is 0. The van der Waals surface area contributed by atoms with E-state index in [2.05, 4.69) is 40.3 Å².